The number of benzene rings is 1. The van der Waals surface area contributed by atoms with Crippen LogP contribution < -0.4 is 5.32 Å². The zero-order valence-corrected chi connectivity index (χ0v) is 10.1. The average molecular weight is 254 g/mol. The van der Waals surface area contributed by atoms with Gasteiger partial charge in [0, 0.05) is 5.56 Å². The minimum atomic E-state index is -0.220. The largest absolute Gasteiger partial charge is 0.467 e. The summed E-state index contributed by atoms with van der Waals surface area (Å²) in [5, 5.41) is 2.75. The summed E-state index contributed by atoms with van der Waals surface area (Å²) in [6.07, 6.45) is 6.00. The first-order valence-electron chi connectivity index (χ1n) is 5.75. The van der Waals surface area contributed by atoms with Crippen molar-refractivity contribution < 1.29 is 14.0 Å². The third kappa shape index (κ3) is 3.42. The van der Waals surface area contributed by atoms with E-state index in [2.05, 4.69) is 5.32 Å². The van der Waals surface area contributed by atoms with Gasteiger partial charge in [-0.2, -0.15) is 0 Å². The molecule has 0 aliphatic rings. The van der Waals surface area contributed by atoms with Crippen LogP contribution in [0, 0.1) is 0 Å². The monoisotopic (exact) mass is 254 g/mol. The molecule has 0 unspecified atom stereocenters. The Labute approximate surface area is 110 Å². The minimum Gasteiger partial charge on any atom is -0.467 e. The standard InChI is InChI=1S/C15H12NO3/c17-9-3-6-12-5-1-2-8-14(12)15(18)16-11-13-7-4-10-19-13/h1-8,10H,11H2,(H,16,18)/b6-3+. The van der Waals surface area contributed by atoms with E-state index in [-0.39, 0.29) is 5.91 Å². The zero-order chi connectivity index (χ0) is 13.5. The SMILES string of the molecule is O=[C]/C=C/c1ccccc1C(=O)NCc1ccco1. The van der Waals surface area contributed by atoms with Gasteiger partial charge >= 0.3 is 0 Å². The molecule has 0 fully saturated rings. The Morgan fingerprint density at radius 2 is 2.11 bits per heavy atom. The van der Waals surface area contributed by atoms with Gasteiger partial charge < -0.3 is 9.73 Å². The number of nitrogens with one attached hydrogen (secondary N) is 1. The first kappa shape index (κ1) is 12.8. The van der Waals surface area contributed by atoms with Crippen LogP contribution in [0.4, 0.5) is 0 Å². The number of rotatable bonds is 5. The van der Waals surface area contributed by atoms with E-state index in [0.29, 0.717) is 23.4 Å². The summed E-state index contributed by atoms with van der Waals surface area (Å²) in [5.74, 6) is 0.463. The molecular weight excluding hydrogens is 242 g/mol. The molecule has 0 aliphatic heterocycles. The van der Waals surface area contributed by atoms with Crippen LogP contribution in [0.25, 0.3) is 6.08 Å². The van der Waals surface area contributed by atoms with E-state index in [9.17, 15) is 9.59 Å². The van der Waals surface area contributed by atoms with Crippen LogP contribution in [0.5, 0.6) is 0 Å². The van der Waals surface area contributed by atoms with Crippen molar-refractivity contribution in [2.45, 2.75) is 6.54 Å². The molecule has 1 amide bonds. The van der Waals surface area contributed by atoms with Crippen LogP contribution >= 0.6 is 0 Å². The number of amides is 1. The Morgan fingerprint density at radius 3 is 2.84 bits per heavy atom. The van der Waals surface area contributed by atoms with Crippen molar-refractivity contribution in [1.82, 2.24) is 5.32 Å². The normalized spacial score (nSPS) is 10.5. The van der Waals surface area contributed by atoms with E-state index in [0.717, 1.165) is 0 Å². The Morgan fingerprint density at radius 1 is 1.26 bits per heavy atom. The molecular formula is C15H12NO3. The topological polar surface area (TPSA) is 59.3 Å². The molecule has 1 aromatic heterocycles. The minimum absolute atomic E-state index is 0.220. The van der Waals surface area contributed by atoms with E-state index in [1.54, 1.807) is 55.0 Å². The fourth-order valence-corrected chi connectivity index (χ4v) is 1.65. The number of carbonyl (C=O) groups is 1. The van der Waals surface area contributed by atoms with Crippen molar-refractivity contribution in [3.63, 3.8) is 0 Å². The summed E-state index contributed by atoms with van der Waals surface area (Å²) >= 11 is 0. The molecule has 0 aliphatic carbocycles. The quantitative estimate of drug-likeness (QED) is 0.833. The molecule has 1 aromatic carbocycles. The van der Waals surface area contributed by atoms with Crippen molar-refractivity contribution in [1.29, 1.82) is 0 Å². The van der Waals surface area contributed by atoms with Gasteiger partial charge in [0.25, 0.3) is 5.91 Å². The van der Waals surface area contributed by atoms with Crippen LogP contribution in [-0.2, 0) is 11.3 Å². The first-order valence-corrected chi connectivity index (χ1v) is 5.75. The zero-order valence-electron chi connectivity index (χ0n) is 10.1. The van der Waals surface area contributed by atoms with Crippen LogP contribution in [-0.4, -0.2) is 12.2 Å². The molecule has 1 radical (unpaired) electrons. The van der Waals surface area contributed by atoms with Crippen molar-refractivity contribution in [2.75, 3.05) is 0 Å². The predicted octanol–water partition coefficient (Wildman–Crippen LogP) is 2.33. The Hall–Kier alpha value is -2.62. The number of hydrogen-bond donors (Lipinski definition) is 1. The number of hydrogen-bond acceptors (Lipinski definition) is 3. The van der Waals surface area contributed by atoms with Crippen molar-refractivity contribution in [3.05, 3.63) is 65.6 Å². The highest BCUT2D eigenvalue weighted by Gasteiger charge is 2.09. The van der Waals surface area contributed by atoms with Gasteiger partial charge in [0.15, 0.2) is 0 Å². The van der Waals surface area contributed by atoms with Gasteiger partial charge in [-0.1, -0.05) is 24.3 Å². The third-order valence-electron chi connectivity index (χ3n) is 2.54. The second-order valence-electron chi connectivity index (χ2n) is 3.80. The second kappa shape index (κ2) is 6.35. The summed E-state index contributed by atoms with van der Waals surface area (Å²) < 4.78 is 5.13. The first-order chi connectivity index (χ1) is 9.31. The number of furan rings is 1. The maximum atomic E-state index is 12.0. The van der Waals surface area contributed by atoms with Gasteiger partial charge in [-0.3, -0.25) is 9.59 Å². The fourth-order valence-electron chi connectivity index (χ4n) is 1.65. The lowest BCUT2D eigenvalue weighted by Crippen LogP contribution is -2.23. The molecule has 2 aromatic rings. The Balaban J connectivity index is 2.10. The molecule has 0 atom stereocenters. The lowest BCUT2D eigenvalue weighted by atomic mass is 10.1. The second-order valence-corrected chi connectivity index (χ2v) is 3.80. The van der Waals surface area contributed by atoms with Gasteiger partial charge in [0.2, 0.25) is 6.29 Å². The molecule has 4 heteroatoms. The molecule has 1 N–H and O–H groups in total. The molecule has 2 rings (SSSR count). The number of allylic oxidation sites excluding steroid dienone is 1. The van der Waals surface area contributed by atoms with Gasteiger partial charge in [0.1, 0.15) is 5.76 Å². The van der Waals surface area contributed by atoms with E-state index < -0.39 is 0 Å². The van der Waals surface area contributed by atoms with Gasteiger partial charge in [0.05, 0.1) is 12.8 Å². The number of carbonyl (C=O) groups excluding carboxylic acids is 2. The smallest absolute Gasteiger partial charge is 0.252 e. The third-order valence-corrected chi connectivity index (χ3v) is 2.54. The van der Waals surface area contributed by atoms with Crippen molar-refractivity contribution >= 4 is 18.3 Å². The van der Waals surface area contributed by atoms with E-state index in [4.69, 9.17) is 4.42 Å². The molecule has 0 saturated carbocycles. The molecule has 0 saturated heterocycles. The van der Waals surface area contributed by atoms with Crippen LogP contribution in [0.1, 0.15) is 21.7 Å². The summed E-state index contributed by atoms with van der Waals surface area (Å²) in [6, 6.07) is 10.6. The highest BCUT2D eigenvalue weighted by Crippen LogP contribution is 2.11. The van der Waals surface area contributed by atoms with Crippen molar-refractivity contribution in [2.24, 2.45) is 0 Å². The molecule has 0 bridgehead atoms. The van der Waals surface area contributed by atoms with Crippen LogP contribution in [0.2, 0.25) is 0 Å². The van der Waals surface area contributed by atoms with Crippen LogP contribution in [0.3, 0.4) is 0 Å². The van der Waals surface area contributed by atoms with E-state index in [1.165, 1.54) is 6.08 Å². The Kier molecular flexibility index (Phi) is 4.29. The summed E-state index contributed by atoms with van der Waals surface area (Å²) in [5.41, 5.74) is 1.17. The van der Waals surface area contributed by atoms with Gasteiger partial charge in [-0.25, -0.2) is 0 Å². The lowest BCUT2D eigenvalue weighted by Gasteiger charge is -2.06. The predicted molar refractivity (Wildman–Crippen MR) is 71.0 cm³/mol. The summed E-state index contributed by atoms with van der Waals surface area (Å²) in [4.78, 5) is 22.3. The van der Waals surface area contributed by atoms with E-state index in [1.807, 2.05) is 0 Å². The molecule has 95 valence electrons. The Bertz CT molecular complexity index is 585. The van der Waals surface area contributed by atoms with E-state index >= 15 is 0 Å². The highest BCUT2D eigenvalue weighted by molar-refractivity contribution is 5.98. The molecule has 1 heterocycles. The maximum Gasteiger partial charge on any atom is 0.252 e. The van der Waals surface area contributed by atoms with Gasteiger partial charge in [-0.15, -0.1) is 0 Å². The lowest BCUT2D eigenvalue weighted by molar-refractivity contribution is 0.0948. The molecule has 19 heavy (non-hydrogen) atoms. The van der Waals surface area contributed by atoms with Gasteiger partial charge in [-0.05, 0) is 29.8 Å². The maximum absolute atomic E-state index is 12.0. The average Bonchev–Trinajstić information content (AvgIpc) is 2.96. The molecule has 0 spiro atoms. The highest BCUT2D eigenvalue weighted by atomic mass is 16.3. The summed E-state index contributed by atoms with van der Waals surface area (Å²) in [7, 11) is 0. The van der Waals surface area contributed by atoms with Crippen molar-refractivity contribution in [3.8, 4) is 0 Å². The molecule has 4 nitrogen and oxygen atoms in total. The fraction of sp³-hybridized carbons (Fsp3) is 0.0667. The summed E-state index contributed by atoms with van der Waals surface area (Å²) in [6.45, 7) is 0.323. The van der Waals surface area contributed by atoms with Crippen LogP contribution in [0.15, 0.2) is 53.2 Å².